The number of anilines is 1. The van der Waals surface area contributed by atoms with Crippen LogP contribution in [0.4, 0.5) is 5.69 Å². The number of nitrogens with one attached hydrogen (secondary N) is 1. The maximum absolute atomic E-state index is 13.5. The SMILES string of the molecule is C[C@H]1CN([C@@H](C)CO)C(=O)Cc2cc(NC(=O)C3CCCCC3)ccc2O[C@H]1CN(C)Cc1ccc(Cl)c(Cl)c1. The van der Waals surface area contributed by atoms with E-state index in [0.29, 0.717) is 41.1 Å². The van der Waals surface area contributed by atoms with E-state index in [9.17, 15) is 14.7 Å². The first-order valence-corrected chi connectivity index (χ1v) is 15.0. The van der Waals surface area contributed by atoms with E-state index in [1.165, 1.54) is 6.42 Å². The summed E-state index contributed by atoms with van der Waals surface area (Å²) in [6.07, 6.45) is 5.10. The molecule has 1 saturated carbocycles. The molecular formula is C31H41Cl2N3O4. The van der Waals surface area contributed by atoms with E-state index in [1.54, 1.807) is 11.0 Å². The van der Waals surface area contributed by atoms with Crippen molar-refractivity contribution in [2.45, 2.75) is 71.1 Å². The van der Waals surface area contributed by atoms with Crippen LogP contribution in [0, 0.1) is 11.8 Å². The van der Waals surface area contributed by atoms with Crippen LogP contribution in [0.1, 0.15) is 57.1 Å². The topological polar surface area (TPSA) is 82.1 Å². The maximum atomic E-state index is 13.5. The van der Waals surface area contributed by atoms with Crippen LogP contribution in [0.3, 0.4) is 0 Å². The predicted molar refractivity (Wildman–Crippen MR) is 160 cm³/mol. The first-order chi connectivity index (χ1) is 19.1. The van der Waals surface area contributed by atoms with Gasteiger partial charge in [-0.15, -0.1) is 0 Å². The summed E-state index contributed by atoms with van der Waals surface area (Å²) in [5.74, 6) is 0.641. The van der Waals surface area contributed by atoms with Gasteiger partial charge in [0.25, 0.3) is 0 Å². The van der Waals surface area contributed by atoms with Gasteiger partial charge < -0.3 is 20.1 Å². The molecule has 1 fully saturated rings. The number of aliphatic hydroxyl groups is 1. The maximum Gasteiger partial charge on any atom is 0.227 e. The summed E-state index contributed by atoms with van der Waals surface area (Å²) in [6, 6.07) is 10.9. The van der Waals surface area contributed by atoms with Crippen molar-refractivity contribution in [2.24, 2.45) is 11.8 Å². The Morgan fingerprint density at radius 3 is 2.60 bits per heavy atom. The zero-order chi connectivity index (χ0) is 28.8. The van der Waals surface area contributed by atoms with Gasteiger partial charge in [-0.3, -0.25) is 14.5 Å². The summed E-state index contributed by atoms with van der Waals surface area (Å²) in [5, 5.41) is 14.0. The van der Waals surface area contributed by atoms with Gasteiger partial charge in [-0.1, -0.05) is 55.5 Å². The van der Waals surface area contributed by atoms with Gasteiger partial charge in [-0.05, 0) is 62.7 Å². The standard InChI is InChI=1S/C31H41Cl2N3O4/c1-20-16-36(21(2)19-37)30(38)15-24-14-25(34-31(39)23-7-5-4-6-8-23)10-12-28(24)40-29(20)18-35(3)17-22-9-11-26(32)27(33)13-22/h9-14,20-21,23,29,37H,4-8,15-19H2,1-3H3,(H,34,39)/t20-,21-,29-/m0/s1. The van der Waals surface area contributed by atoms with Crippen LogP contribution < -0.4 is 10.1 Å². The Morgan fingerprint density at radius 2 is 1.90 bits per heavy atom. The fraction of sp³-hybridized carbons (Fsp3) is 0.548. The van der Waals surface area contributed by atoms with Crippen LogP contribution in [-0.2, 0) is 22.6 Å². The van der Waals surface area contributed by atoms with Gasteiger partial charge in [0, 0.05) is 42.7 Å². The average molecular weight is 591 g/mol. The molecule has 0 unspecified atom stereocenters. The molecule has 0 bridgehead atoms. The molecule has 3 atom stereocenters. The lowest BCUT2D eigenvalue weighted by Crippen LogP contribution is -2.47. The fourth-order valence-corrected chi connectivity index (χ4v) is 5.98. The Balaban J connectivity index is 1.56. The number of benzene rings is 2. The number of amides is 2. The van der Waals surface area contributed by atoms with Crippen molar-refractivity contribution in [1.82, 2.24) is 9.80 Å². The summed E-state index contributed by atoms with van der Waals surface area (Å²) >= 11 is 12.3. The number of nitrogens with zero attached hydrogens (tertiary/aromatic N) is 2. The van der Waals surface area contributed by atoms with Gasteiger partial charge in [-0.2, -0.15) is 0 Å². The number of ether oxygens (including phenoxy) is 1. The molecule has 0 radical (unpaired) electrons. The van der Waals surface area contributed by atoms with E-state index in [0.717, 1.165) is 36.8 Å². The number of likely N-dealkylation sites (N-methyl/N-ethyl adjacent to an activating group) is 1. The molecule has 7 nitrogen and oxygen atoms in total. The molecule has 40 heavy (non-hydrogen) atoms. The largest absolute Gasteiger partial charge is 0.488 e. The Morgan fingerprint density at radius 1 is 1.15 bits per heavy atom. The zero-order valence-electron chi connectivity index (χ0n) is 23.7. The normalized spacial score (nSPS) is 21.2. The Hall–Kier alpha value is -2.32. The van der Waals surface area contributed by atoms with Crippen molar-refractivity contribution >= 4 is 40.7 Å². The number of hydrogen-bond donors (Lipinski definition) is 2. The molecule has 1 aliphatic carbocycles. The third-order valence-electron chi connectivity index (χ3n) is 8.09. The lowest BCUT2D eigenvalue weighted by molar-refractivity contribution is -0.134. The molecule has 0 aromatic heterocycles. The second-order valence-corrected chi connectivity index (χ2v) is 12.3. The monoisotopic (exact) mass is 589 g/mol. The number of rotatable bonds is 8. The number of aliphatic hydroxyl groups excluding tert-OH is 1. The minimum Gasteiger partial charge on any atom is -0.488 e. The Labute approximate surface area is 247 Å². The van der Waals surface area contributed by atoms with Gasteiger partial charge in [0.05, 0.1) is 29.1 Å². The molecular weight excluding hydrogens is 549 g/mol. The molecule has 0 spiro atoms. The van der Waals surface area contributed by atoms with E-state index in [4.69, 9.17) is 27.9 Å². The van der Waals surface area contributed by atoms with Crippen LogP contribution >= 0.6 is 23.2 Å². The minimum atomic E-state index is -0.319. The lowest BCUT2D eigenvalue weighted by Gasteiger charge is -2.34. The number of carbonyl (C=O) groups excluding carboxylic acids is 2. The van der Waals surface area contributed by atoms with Crippen LogP contribution in [-0.4, -0.2) is 65.6 Å². The highest BCUT2D eigenvalue weighted by atomic mass is 35.5. The van der Waals surface area contributed by atoms with Crippen LogP contribution in [0.2, 0.25) is 10.0 Å². The van der Waals surface area contributed by atoms with Gasteiger partial charge in [0.1, 0.15) is 11.9 Å². The predicted octanol–water partition coefficient (Wildman–Crippen LogP) is 5.79. The molecule has 4 rings (SSSR count). The van der Waals surface area contributed by atoms with Crippen molar-refractivity contribution in [3.63, 3.8) is 0 Å². The Kier molecular flexibility index (Phi) is 10.7. The molecule has 2 aromatic carbocycles. The van der Waals surface area contributed by atoms with Crippen LogP contribution in [0.25, 0.3) is 0 Å². The first-order valence-electron chi connectivity index (χ1n) is 14.3. The van der Waals surface area contributed by atoms with Crippen molar-refractivity contribution in [2.75, 3.05) is 32.1 Å². The van der Waals surface area contributed by atoms with E-state index >= 15 is 0 Å². The third-order valence-corrected chi connectivity index (χ3v) is 8.83. The highest BCUT2D eigenvalue weighted by Crippen LogP contribution is 2.31. The minimum absolute atomic E-state index is 0.00848. The molecule has 2 N–H and O–H groups in total. The quantitative estimate of drug-likeness (QED) is 0.407. The average Bonchev–Trinajstić information content (AvgIpc) is 2.98. The summed E-state index contributed by atoms with van der Waals surface area (Å²) in [7, 11) is 2.02. The first kappa shape index (κ1) is 30.6. The van der Waals surface area contributed by atoms with Gasteiger partial charge in [0.2, 0.25) is 11.8 Å². The van der Waals surface area contributed by atoms with Gasteiger partial charge in [-0.25, -0.2) is 0 Å². The highest BCUT2D eigenvalue weighted by molar-refractivity contribution is 6.42. The molecule has 1 heterocycles. The molecule has 9 heteroatoms. The second-order valence-electron chi connectivity index (χ2n) is 11.5. The van der Waals surface area contributed by atoms with Crippen molar-refractivity contribution in [1.29, 1.82) is 0 Å². The molecule has 1 aliphatic heterocycles. The second kappa shape index (κ2) is 14.0. The van der Waals surface area contributed by atoms with E-state index in [2.05, 4.69) is 17.1 Å². The van der Waals surface area contributed by atoms with Crippen molar-refractivity contribution in [3.05, 3.63) is 57.6 Å². The van der Waals surface area contributed by atoms with E-state index in [1.807, 2.05) is 44.3 Å². The molecule has 2 aromatic rings. The molecule has 2 amide bonds. The highest BCUT2D eigenvalue weighted by Gasteiger charge is 2.31. The lowest BCUT2D eigenvalue weighted by atomic mass is 9.88. The molecule has 218 valence electrons. The summed E-state index contributed by atoms with van der Waals surface area (Å²) in [6.45, 7) is 5.54. The fourth-order valence-electron chi connectivity index (χ4n) is 5.66. The van der Waals surface area contributed by atoms with Crippen molar-refractivity contribution < 1.29 is 19.4 Å². The summed E-state index contributed by atoms with van der Waals surface area (Å²) < 4.78 is 6.62. The van der Waals surface area contributed by atoms with Crippen LogP contribution in [0.5, 0.6) is 5.75 Å². The van der Waals surface area contributed by atoms with Crippen molar-refractivity contribution in [3.8, 4) is 5.75 Å². The van der Waals surface area contributed by atoms with Gasteiger partial charge in [0.15, 0.2) is 0 Å². The number of halogens is 2. The number of carbonyl (C=O) groups is 2. The van der Waals surface area contributed by atoms with E-state index < -0.39 is 0 Å². The van der Waals surface area contributed by atoms with Crippen LogP contribution in [0.15, 0.2) is 36.4 Å². The Bertz CT molecular complexity index is 1190. The smallest absolute Gasteiger partial charge is 0.227 e. The summed E-state index contributed by atoms with van der Waals surface area (Å²) in [4.78, 5) is 30.3. The third kappa shape index (κ3) is 7.90. The van der Waals surface area contributed by atoms with Gasteiger partial charge >= 0.3 is 0 Å². The molecule has 0 saturated heterocycles. The number of hydrogen-bond acceptors (Lipinski definition) is 5. The molecule has 2 aliphatic rings. The van der Waals surface area contributed by atoms with E-state index in [-0.39, 0.29) is 48.8 Å². The number of fused-ring (bicyclic) bond motifs is 1. The summed E-state index contributed by atoms with van der Waals surface area (Å²) in [5.41, 5.74) is 2.44. The zero-order valence-corrected chi connectivity index (χ0v) is 25.2.